The van der Waals surface area contributed by atoms with Crippen LogP contribution in [0.3, 0.4) is 0 Å². The van der Waals surface area contributed by atoms with E-state index >= 15 is 0 Å². The Morgan fingerprint density at radius 1 is 1.19 bits per heavy atom. The minimum atomic E-state index is -0.390. The molecule has 2 aromatic carbocycles. The molecule has 0 saturated heterocycles. The Hall–Kier alpha value is -3.48. The largest absolute Gasteiger partial charge is 0.491 e. The number of ether oxygens (including phenoxy) is 1. The fourth-order valence-corrected chi connectivity index (χ4v) is 2.76. The third-order valence-corrected chi connectivity index (χ3v) is 4.18. The summed E-state index contributed by atoms with van der Waals surface area (Å²) >= 11 is 0. The van der Waals surface area contributed by atoms with Crippen LogP contribution in [0.1, 0.15) is 20.8 Å². The first-order chi connectivity index (χ1) is 12.6. The average Bonchev–Trinajstić information content (AvgIpc) is 2.80. The molecule has 0 aliphatic carbocycles. The molecule has 7 nitrogen and oxygen atoms in total. The summed E-state index contributed by atoms with van der Waals surface area (Å²) in [5.41, 5.74) is 2.49. The number of likely N-dealkylation sites (N-methyl/N-ethyl adjacent to an activating group) is 1. The van der Waals surface area contributed by atoms with Crippen LogP contribution < -0.4 is 10.1 Å². The van der Waals surface area contributed by atoms with Crippen LogP contribution in [0.5, 0.6) is 5.75 Å². The van der Waals surface area contributed by atoms with Crippen LogP contribution in [0.4, 0.5) is 5.69 Å². The summed E-state index contributed by atoms with van der Waals surface area (Å²) < 4.78 is 5.58. The van der Waals surface area contributed by atoms with E-state index in [1.807, 2.05) is 18.2 Å². The van der Waals surface area contributed by atoms with Crippen molar-refractivity contribution in [3.8, 4) is 5.75 Å². The Morgan fingerprint density at radius 3 is 2.85 bits per heavy atom. The number of amides is 2. The number of nitrogens with zero attached hydrogens (tertiary/aromatic N) is 3. The van der Waals surface area contributed by atoms with Crippen molar-refractivity contribution in [3.05, 3.63) is 59.9 Å². The summed E-state index contributed by atoms with van der Waals surface area (Å²) in [4.78, 5) is 35.1. The van der Waals surface area contributed by atoms with Gasteiger partial charge in [0.1, 0.15) is 18.1 Å². The number of aromatic nitrogens is 2. The number of hydrogen-bond acceptors (Lipinski definition) is 5. The van der Waals surface area contributed by atoms with E-state index in [2.05, 4.69) is 15.3 Å². The molecule has 0 spiro atoms. The topological polar surface area (TPSA) is 84.4 Å². The summed E-state index contributed by atoms with van der Waals surface area (Å²) in [5, 5.41) is 2.76. The van der Waals surface area contributed by atoms with Gasteiger partial charge in [-0.1, -0.05) is 12.1 Å². The Bertz CT molecular complexity index is 1020. The molecule has 7 heteroatoms. The monoisotopic (exact) mass is 348 g/mol. The van der Waals surface area contributed by atoms with Gasteiger partial charge in [-0.2, -0.15) is 0 Å². The maximum Gasteiger partial charge on any atom is 0.275 e. The lowest BCUT2D eigenvalue weighted by molar-refractivity contribution is 0.0796. The molecule has 0 bridgehead atoms. The van der Waals surface area contributed by atoms with Crippen LogP contribution >= 0.6 is 0 Å². The number of para-hydroxylation sites is 2. The quantitative estimate of drug-likeness (QED) is 0.768. The Labute approximate surface area is 149 Å². The molecular weight excluding hydrogens is 332 g/mol. The van der Waals surface area contributed by atoms with E-state index in [0.717, 1.165) is 5.52 Å². The van der Waals surface area contributed by atoms with Gasteiger partial charge < -0.3 is 15.0 Å². The van der Waals surface area contributed by atoms with Gasteiger partial charge in [-0.3, -0.25) is 14.6 Å². The minimum Gasteiger partial charge on any atom is -0.491 e. The Balaban J connectivity index is 1.61. The summed E-state index contributed by atoms with van der Waals surface area (Å²) in [6.07, 6.45) is 1.43. The smallest absolute Gasteiger partial charge is 0.275 e. The second kappa shape index (κ2) is 6.44. The minimum absolute atomic E-state index is 0.140. The lowest BCUT2D eigenvalue weighted by atomic mass is 10.1. The fraction of sp³-hybridized carbons (Fsp3) is 0.158. The van der Waals surface area contributed by atoms with E-state index in [0.29, 0.717) is 35.7 Å². The second-order valence-electron chi connectivity index (χ2n) is 5.98. The number of carbonyl (C=O) groups excluding carboxylic acids is 2. The fourth-order valence-electron chi connectivity index (χ4n) is 2.76. The van der Waals surface area contributed by atoms with Gasteiger partial charge in [0.2, 0.25) is 0 Å². The van der Waals surface area contributed by atoms with Crippen molar-refractivity contribution in [2.24, 2.45) is 0 Å². The number of fused-ring (bicyclic) bond motifs is 2. The van der Waals surface area contributed by atoms with E-state index < -0.39 is 5.91 Å². The van der Waals surface area contributed by atoms with Crippen molar-refractivity contribution < 1.29 is 14.3 Å². The number of benzene rings is 2. The van der Waals surface area contributed by atoms with Crippen LogP contribution in [0.15, 0.2) is 48.7 Å². The van der Waals surface area contributed by atoms with Crippen LogP contribution in [-0.4, -0.2) is 46.9 Å². The van der Waals surface area contributed by atoms with Crippen molar-refractivity contribution in [2.75, 3.05) is 25.5 Å². The standard InChI is InChI=1S/C19H16N4O3/c1-23-8-9-26-17-7-6-12(10-13(17)19(23)25)21-18(24)16-11-20-14-4-2-3-5-15(14)22-16/h2-7,10-11H,8-9H2,1H3,(H,21,24). The van der Waals surface area contributed by atoms with Gasteiger partial charge in [0.25, 0.3) is 11.8 Å². The van der Waals surface area contributed by atoms with Crippen LogP contribution in [0, 0.1) is 0 Å². The molecule has 130 valence electrons. The van der Waals surface area contributed by atoms with Crippen molar-refractivity contribution in [2.45, 2.75) is 0 Å². The molecule has 0 saturated carbocycles. The van der Waals surface area contributed by atoms with Gasteiger partial charge >= 0.3 is 0 Å². The molecule has 3 aromatic rings. The van der Waals surface area contributed by atoms with Crippen LogP contribution in [0.25, 0.3) is 11.0 Å². The Kier molecular flexibility index (Phi) is 3.96. The van der Waals surface area contributed by atoms with Crippen molar-refractivity contribution in [1.82, 2.24) is 14.9 Å². The lowest BCUT2D eigenvalue weighted by Gasteiger charge is -2.13. The first-order valence-corrected chi connectivity index (χ1v) is 8.17. The zero-order chi connectivity index (χ0) is 18.1. The third kappa shape index (κ3) is 2.95. The second-order valence-corrected chi connectivity index (χ2v) is 5.98. The van der Waals surface area contributed by atoms with Gasteiger partial charge in [-0.05, 0) is 30.3 Å². The van der Waals surface area contributed by atoms with Crippen molar-refractivity contribution >= 4 is 28.5 Å². The SMILES string of the molecule is CN1CCOc2ccc(NC(=O)c3cnc4ccccc4n3)cc2C1=O. The van der Waals surface area contributed by atoms with Crippen molar-refractivity contribution in [1.29, 1.82) is 0 Å². The first kappa shape index (κ1) is 16.0. The molecule has 26 heavy (non-hydrogen) atoms. The number of anilines is 1. The van der Waals surface area contributed by atoms with E-state index in [1.54, 1.807) is 36.2 Å². The first-order valence-electron chi connectivity index (χ1n) is 8.17. The van der Waals surface area contributed by atoms with Gasteiger partial charge in [0.05, 0.1) is 29.3 Å². The molecule has 0 atom stereocenters. The molecule has 2 amide bonds. The molecule has 1 aliphatic heterocycles. The number of hydrogen-bond donors (Lipinski definition) is 1. The zero-order valence-corrected chi connectivity index (χ0v) is 14.1. The highest BCUT2D eigenvalue weighted by atomic mass is 16.5. The highest BCUT2D eigenvalue weighted by Gasteiger charge is 2.21. The van der Waals surface area contributed by atoms with Gasteiger partial charge in [0, 0.05) is 12.7 Å². The molecule has 0 unspecified atom stereocenters. The predicted molar refractivity (Wildman–Crippen MR) is 96.4 cm³/mol. The zero-order valence-electron chi connectivity index (χ0n) is 14.1. The molecule has 4 rings (SSSR count). The number of carbonyl (C=O) groups is 2. The highest BCUT2D eigenvalue weighted by molar-refractivity contribution is 6.05. The summed E-state index contributed by atoms with van der Waals surface area (Å²) in [6, 6.07) is 12.3. The predicted octanol–water partition coefficient (Wildman–Crippen LogP) is 2.35. The molecule has 1 aliphatic rings. The maximum absolute atomic E-state index is 12.5. The summed E-state index contributed by atoms with van der Waals surface area (Å²) in [6.45, 7) is 0.954. The van der Waals surface area contributed by atoms with E-state index in [9.17, 15) is 9.59 Å². The average molecular weight is 348 g/mol. The van der Waals surface area contributed by atoms with Gasteiger partial charge in [-0.25, -0.2) is 4.98 Å². The summed E-state index contributed by atoms with van der Waals surface area (Å²) in [5.74, 6) is -0.0134. The lowest BCUT2D eigenvalue weighted by Crippen LogP contribution is -2.27. The number of nitrogens with one attached hydrogen (secondary N) is 1. The van der Waals surface area contributed by atoms with E-state index in [1.165, 1.54) is 6.20 Å². The normalized spacial score (nSPS) is 13.7. The van der Waals surface area contributed by atoms with E-state index in [4.69, 9.17) is 4.74 Å². The highest BCUT2D eigenvalue weighted by Crippen LogP contribution is 2.26. The Morgan fingerprint density at radius 2 is 2.00 bits per heavy atom. The molecule has 1 N–H and O–H groups in total. The van der Waals surface area contributed by atoms with Crippen molar-refractivity contribution in [3.63, 3.8) is 0 Å². The number of rotatable bonds is 2. The third-order valence-electron chi connectivity index (χ3n) is 4.18. The van der Waals surface area contributed by atoms with Crippen LogP contribution in [-0.2, 0) is 0 Å². The van der Waals surface area contributed by atoms with Gasteiger partial charge in [-0.15, -0.1) is 0 Å². The van der Waals surface area contributed by atoms with Crippen LogP contribution in [0.2, 0.25) is 0 Å². The molecule has 0 radical (unpaired) electrons. The molecule has 1 aromatic heterocycles. The van der Waals surface area contributed by atoms with E-state index in [-0.39, 0.29) is 11.6 Å². The summed E-state index contributed by atoms with van der Waals surface area (Å²) in [7, 11) is 1.72. The molecule has 0 fully saturated rings. The molecule has 2 heterocycles. The van der Waals surface area contributed by atoms with Gasteiger partial charge in [0.15, 0.2) is 0 Å². The maximum atomic E-state index is 12.5. The molecular formula is C19H16N4O3.